The summed E-state index contributed by atoms with van der Waals surface area (Å²) >= 11 is 3.41. The second-order valence-corrected chi connectivity index (χ2v) is 7.03. The van der Waals surface area contributed by atoms with Gasteiger partial charge in [0.05, 0.1) is 5.57 Å². The van der Waals surface area contributed by atoms with E-state index in [9.17, 15) is 4.79 Å². The Balaban J connectivity index is 1.70. The molecule has 122 valence electrons. The summed E-state index contributed by atoms with van der Waals surface area (Å²) in [6, 6.07) is 20.2. The molecule has 0 spiro atoms. The quantitative estimate of drug-likeness (QED) is 0.402. The summed E-state index contributed by atoms with van der Waals surface area (Å²) in [5.41, 5.74) is 3.65. The molecule has 1 aliphatic heterocycles. The van der Waals surface area contributed by atoms with Gasteiger partial charge in [0.2, 0.25) is 0 Å². The average molecular weight is 391 g/mol. The van der Waals surface area contributed by atoms with Crippen molar-refractivity contribution in [2.45, 2.75) is 6.92 Å². The zero-order valence-electron chi connectivity index (χ0n) is 13.6. The van der Waals surface area contributed by atoms with Crippen LogP contribution in [0.2, 0.25) is 0 Å². The molecule has 0 saturated carbocycles. The number of rotatable bonds is 2. The summed E-state index contributed by atoms with van der Waals surface area (Å²) in [7, 11) is 0. The number of hydrogen-bond donors (Lipinski definition) is 0. The van der Waals surface area contributed by atoms with Crippen molar-refractivity contribution in [3.8, 4) is 0 Å². The first-order valence-corrected chi connectivity index (χ1v) is 8.80. The third-order valence-corrected chi connectivity index (χ3v) is 4.73. The van der Waals surface area contributed by atoms with Gasteiger partial charge in [-0.1, -0.05) is 64.0 Å². The second-order valence-electron chi connectivity index (χ2n) is 6.11. The Hall–Kier alpha value is -2.65. The van der Waals surface area contributed by atoms with E-state index in [1.165, 1.54) is 10.9 Å². The minimum Gasteiger partial charge on any atom is -0.422 e. The van der Waals surface area contributed by atoms with Crippen molar-refractivity contribution in [2.24, 2.45) is 0 Å². The summed E-state index contributed by atoms with van der Waals surface area (Å²) in [5, 5.41) is 2.31. The van der Waals surface area contributed by atoms with E-state index >= 15 is 0 Å². The zero-order chi connectivity index (χ0) is 17.4. The van der Waals surface area contributed by atoms with Gasteiger partial charge in [0.1, 0.15) is 5.76 Å². The molecular formula is C22H15BrO2. The van der Waals surface area contributed by atoms with Gasteiger partial charge >= 0.3 is 5.97 Å². The van der Waals surface area contributed by atoms with E-state index in [0.29, 0.717) is 11.3 Å². The fourth-order valence-electron chi connectivity index (χ4n) is 2.89. The summed E-state index contributed by atoms with van der Waals surface area (Å²) in [4.78, 5) is 12.2. The zero-order valence-corrected chi connectivity index (χ0v) is 15.2. The summed E-state index contributed by atoms with van der Waals surface area (Å²) in [6.07, 6.45) is 3.64. The summed E-state index contributed by atoms with van der Waals surface area (Å²) < 4.78 is 6.48. The number of ether oxygens (including phenoxy) is 1. The van der Waals surface area contributed by atoms with E-state index in [4.69, 9.17) is 4.74 Å². The SMILES string of the molecule is Cc1ccc2cc(C3=C/C(=C/c4ccc(Br)cc4)C(=O)O3)ccc2c1. The predicted octanol–water partition coefficient (Wildman–Crippen LogP) is 5.89. The molecule has 0 unspecified atom stereocenters. The summed E-state index contributed by atoms with van der Waals surface area (Å²) in [5.74, 6) is 0.276. The Bertz CT molecular complexity index is 1040. The van der Waals surface area contributed by atoms with Crippen LogP contribution in [0.15, 0.2) is 76.8 Å². The normalized spacial score (nSPS) is 15.5. The molecule has 0 saturated heterocycles. The second kappa shape index (κ2) is 6.34. The van der Waals surface area contributed by atoms with E-state index in [2.05, 4.69) is 53.2 Å². The molecular weight excluding hydrogens is 376 g/mol. The summed E-state index contributed by atoms with van der Waals surface area (Å²) in [6.45, 7) is 2.08. The van der Waals surface area contributed by atoms with Crippen LogP contribution in [0.25, 0.3) is 22.6 Å². The van der Waals surface area contributed by atoms with Gasteiger partial charge in [-0.05, 0) is 53.6 Å². The van der Waals surface area contributed by atoms with Crippen LogP contribution in [0.1, 0.15) is 16.7 Å². The first-order chi connectivity index (χ1) is 12.1. The smallest absolute Gasteiger partial charge is 0.343 e. The molecule has 4 rings (SSSR count). The standard InChI is InChI=1S/C22H15BrO2/c1-14-2-5-17-12-18(7-6-16(17)10-14)21-13-19(22(24)25-21)11-15-3-8-20(23)9-4-15/h2-13H,1H3/b19-11-. The Labute approximate surface area is 154 Å². The van der Waals surface area contributed by atoms with Crippen LogP contribution in [0.5, 0.6) is 0 Å². The molecule has 0 bridgehead atoms. The fraction of sp³-hybridized carbons (Fsp3) is 0.0455. The maximum Gasteiger partial charge on any atom is 0.343 e. The van der Waals surface area contributed by atoms with Crippen molar-refractivity contribution in [3.63, 3.8) is 0 Å². The van der Waals surface area contributed by atoms with Crippen molar-refractivity contribution >= 4 is 44.5 Å². The maximum atomic E-state index is 12.2. The molecule has 0 aromatic heterocycles. The van der Waals surface area contributed by atoms with E-state index in [0.717, 1.165) is 21.0 Å². The maximum absolute atomic E-state index is 12.2. The number of fused-ring (bicyclic) bond motifs is 1. The van der Waals surface area contributed by atoms with Crippen LogP contribution in [-0.2, 0) is 9.53 Å². The first kappa shape index (κ1) is 15.9. The van der Waals surface area contributed by atoms with Gasteiger partial charge in [0.15, 0.2) is 0 Å². The largest absolute Gasteiger partial charge is 0.422 e. The van der Waals surface area contributed by atoms with Crippen molar-refractivity contribution in [1.29, 1.82) is 0 Å². The van der Waals surface area contributed by atoms with Crippen molar-refractivity contribution < 1.29 is 9.53 Å². The van der Waals surface area contributed by atoms with Crippen molar-refractivity contribution in [2.75, 3.05) is 0 Å². The van der Waals surface area contributed by atoms with Crippen molar-refractivity contribution in [1.82, 2.24) is 0 Å². The van der Waals surface area contributed by atoms with Crippen molar-refractivity contribution in [3.05, 3.63) is 93.5 Å². The number of carbonyl (C=O) groups excluding carboxylic acids is 1. The number of carbonyl (C=O) groups is 1. The number of hydrogen-bond acceptors (Lipinski definition) is 2. The van der Waals surface area contributed by atoms with Gasteiger partial charge in [-0.2, -0.15) is 0 Å². The van der Waals surface area contributed by atoms with E-state index in [1.54, 1.807) is 6.08 Å². The molecule has 3 aromatic rings. The van der Waals surface area contributed by atoms with Gasteiger partial charge in [0, 0.05) is 10.0 Å². The molecule has 0 fully saturated rings. The Morgan fingerprint density at radius 3 is 2.44 bits per heavy atom. The average Bonchev–Trinajstić information content (AvgIpc) is 2.97. The molecule has 25 heavy (non-hydrogen) atoms. The van der Waals surface area contributed by atoms with Gasteiger partial charge in [-0.25, -0.2) is 4.79 Å². The lowest BCUT2D eigenvalue weighted by molar-refractivity contribution is -0.130. The van der Waals surface area contributed by atoms with E-state index in [1.807, 2.05) is 36.4 Å². The highest BCUT2D eigenvalue weighted by molar-refractivity contribution is 9.10. The van der Waals surface area contributed by atoms with Crippen LogP contribution in [0.4, 0.5) is 0 Å². The highest BCUT2D eigenvalue weighted by atomic mass is 79.9. The highest BCUT2D eigenvalue weighted by Gasteiger charge is 2.22. The minimum atomic E-state index is -0.318. The Morgan fingerprint density at radius 1 is 0.920 bits per heavy atom. The van der Waals surface area contributed by atoms with E-state index < -0.39 is 0 Å². The van der Waals surface area contributed by atoms with Gasteiger partial charge in [0.25, 0.3) is 0 Å². The van der Waals surface area contributed by atoms with Crippen LogP contribution in [0, 0.1) is 6.92 Å². The Kier molecular flexibility index (Phi) is 4.02. The molecule has 1 heterocycles. The lowest BCUT2D eigenvalue weighted by Crippen LogP contribution is -1.97. The third kappa shape index (κ3) is 3.28. The molecule has 3 aromatic carbocycles. The van der Waals surface area contributed by atoms with E-state index in [-0.39, 0.29) is 5.97 Å². The number of cyclic esters (lactones) is 1. The van der Waals surface area contributed by atoms with Gasteiger partial charge in [-0.3, -0.25) is 0 Å². The molecule has 0 N–H and O–H groups in total. The molecule has 2 nitrogen and oxygen atoms in total. The Morgan fingerprint density at radius 2 is 1.64 bits per heavy atom. The number of esters is 1. The molecule has 0 radical (unpaired) electrons. The molecule has 3 heteroatoms. The monoisotopic (exact) mass is 390 g/mol. The lowest BCUT2D eigenvalue weighted by Gasteiger charge is -2.05. The minimum absolute atomic E-state index is 0.318. The number of aryl methyl sites for hydroxylation is 1. The fourth-order valence-corrected chi connectivity index (χ4v) is 3.15. The molecule has 0 aliphatic carbocycles. The molecule has 0 atom stereocenters. The lowest BCUT2D eigenvalue weighted by atomic mass is 10.0. The van der Waals surface area contributed by atoms with Crippen LogP contribution in [-0.4, -0.2) is 5.97 Å². The first-order valence-electron chi connectivity index (χ1n) is 8.00. The van der Waals surface area contributed by atoms with Crippen LogP contribution < -0.4 is 0 Å². The van der Waals surface area contributed by atoms with Gasteiger partial charge in [-0.15, -0.1) is 0 Å². The topological polar surface area (TPSA) is 26.3 Å². The molecule has 1 aliphatic rings. The third-order valence-electron chi connectivity index (χ3n) is 4.20. The van der Waals surface area contributed by atoms with Crippen LogP contribution >= 0.6 is 15.9 Å². The number of benzene rings is 3. The van der Waals surface area contributed by atoms with Crippen LogP contribution in [0.3, 0.4) is 0 Å². The molecule has 0 amide bonds. The predicted molar refractivity (Wildman–Crippen MR) is 105 cm³/mol. The highest BCUT2D eigenvalue weighted by Crippen LogP contribution is 2.30. The number of halogens is 1. The van der Waals surface area contributed by atoms with Gasteiger partial charge < -0.3 is 4.74 Å².